The van der Waals surface area contributed by atoms with Crippen LogP contribution in [0, 0.1) is 17.3 Å². The summed E-state index contributed by atoms with van der Waals surface area (Å²) < 4.78 is 86.4. The van der Waals surface area contributed by atoms with Gasteiger partial charge in [0.25, 0.3) is 11.4 Å². The van der Waals surface area contributed by atoms with E-state index in [0.29, 0.717) is 64.7 Å². The monoisotopic (exact) mass is 1210 g/mol. The highest BCUT2D eigenvalue weighted by Crippen LogP contribution is 2.79. The zero-order valence-electron chi connectivity index (χ0n) is 48.5. The molecule has 470 valence electrons. The molecule has 32 heteroatoms. The van der Waals surface area contributed by atoms with Gasteiger partial charge in [-0.1, -0.05) is 53.7 Å². The Morgan fingerprint density at radius 3 is 1.91 bits per heavy atom. The van der Waals surface area contributed by atoms with Crippen molar-refractivity contribution < 1.29 is 105 Å². The van der Waals surface area contributed by atoms with Crippen molar-refractivity contribution >= 4 is 44.7 Å². The first-order chi connectivity index (χ1) is 38.4. The number of aromatic nitrogens is 3. The number of aryl methyl sites for hydroxylation is 1. The van der Waals surface area contributed by atoms with Crippen LogP contribution in [0.5, 0.6) is 0 Å². The lowest BCUT2D eigenvalue weighted by Crippen LogP contribution is -2.56. The van der Waals surface area contributed by atoms with Crippen LogP contribution in [0.3, 0.4) is 0 Å². The molecule has 9 N–H and O–H groups in total. The molecule has 5 amide bonds. The molecular weight excluding hydrogens is 1110 g/mol. The summed E-state index contributed by atoms with van der Waals surface area (Å²) in [6, 6.07) is -1.93. The van der Waals surface area contributed by atoms with E-state index in [4.69, 9.17) is 56.7 Å². The van der Waals surface area contributed by atoms with Crippen LogP contribution in [0.1, 0.15) is 99.6 Å². The second-order valence-electron chi connectivity index (χ2n) is 20.4. The molecule has 1 saturated heterocycles. The molecule has 1 aromatic heterocycles. The summed E-state index contributed by atoms with van der Waals surface area (Å²) in [6.45, 7) is 16.4. The van der Waals surface area contributed by atoms with Crippen LogP contribution in [0.4, 0.5) is 0 Å². The molecule has 1 aliphatic rings. The maximum Gasteiger partial charge on any atom is 0.392 e. The van der Waals surface area contributed by atoms with Crippen LogP contribution in [0.2, 0.25) is 0 Å². The van der Waals surface area contributed by atoms with Crippen molar-refractivity contribution in [1.29, 1.82) is 0 Å². The van der Waals surface area contributed by atoms with Crippen LogP contribution in [-0.4, -0.2) is 213 Å². The Morgan fingerprint density at radius 1 is 0.802 bits per heavy atom. The van der Waals surface area contributed by atoms with E-state index < -0.39 is 85.8 Å². The molecule has 0 bridgehead atoms. The predicted octanol–water partition coefficient (Wildman–Crippen LogP) is 1.11. The van der Waals surface area contributed by atoms with Crippen LogP contribution < -0.4 is 26.7 Å². The quantitative estimate of drug-likeness (QED) is 0.0145. The molecule has 0 spiro atoms. The number of hydrogen-bond donors (Lipinski definition) is 9. The van der Waals surface area contributed by atoms with E-state index in [1.165, 1.54) is 19.5 Å². The average Bonchev–Trinajstić information content (AvgIpc) is 3.28. The second kappa shape index (κ2) is 38.3. The van der Waals surface area contributed by atoms with Crippen LogP contribution >= 0.6 is 15.2 Å². The van der Waals surface area contributed by atoms with E-state index in [-0.39, 0.29) is 110 Å². The van der Waals surface area contributed by atoms with Gasteiger partial charge >= 0.3 is 15.2 Å². The Kier molecular flexibility index (Phi) is 34.8. The van der Waals surface area contributed by atoms with Crippen molar-refractivity contribution in [1.82, 2.24) is 41.7 Å². The second-order valence-corrected chi connectivity index (χ2v) is 24.8. The summed E-state index contributed by atoms with van der Waals surface area (Å²) in [4.78, 5) is 74.2. The minimum atomic E-state index is -4.39. The number of carbonyl (C=O) groups excluding carboxylic acids is 5. The van der Waals surface area contributed by atoms with E-state index in [1.807, 2.05) is 13.8 Å². The number of rotatable bonds is 48. The van der Waals surface area contributed by atoms with Gasteiger partial charge in [-0.15, -0.1) is 5.10 Å². The van der Waals surface area contributed by atoms with Gasteiger partial charge in [0, 0.05) is 46.0 Å². The molecule has 0 aliphatic carbocycles. The SMILES string of the molecule is CCC(C)(OCC(CO)NC(=O)CCNC(=O)CCOCc1cn(CCCNC(=O)C(NC(=O)C(CC(C)C)C(O)C(=O)NO)C(C)(C)C)nn1)P(=O)(O)OCCOCCOCCOCCOCCOCCOC1(CC)OP1(=O)OC. The number of carbonyl (C=O) groups is 5. The maximum atomic E-state index is 13.2. The van der Waals surface area contributed by atoms with E-state index in [2.05, 4.69) is 31.6 Å². The summed E-state index contributed by atoms with van der Waals surface area (Å²) >= 11 is 0. The molecule has 81 heavy (non-hydrogen) atoms. The number of ether oxygens (including phenoxy) is 8. The predicted molar refractivity (Wildman–Crippen MR) is 288 cm³/mol. The third kappa shape index (κ3) is 27.3. The number of hydrogen-bond acceptors (Lipinski definition) is 23. The minimum absolute atomic E-state index is 0.000370. The number of aliphatic hydroxyl groups excluding tert-OH is 2. The molecule has 2 heterocycles. The Labute approximate surface area is 474 Å². The Hall–Kier alpha value is -3.65. The van der Waals surface area contributed by atoms with Crippen molar-refractivity contribution in [3.63, 3.8) is 0 Å². The highest BCUT2D eigenvalue weighted by Gasteiger charge is 2.70. The van der Waals surface area contributed by atoms with Crippen molar-refractivity contribution in [2.45, 2.75) is 136 Å². The molecule has 2 rings (SSSR count). The Bertz CT molecular complexity index is 2110. The molecule has 8 atom stereocenters. The molecule has 0 saturated carbocycles. The lowest BCUT2D eigenvalue weighted by Gasteiger charge is -2.33. The summed E-state index contributed by atoms with van der Waals surface area (Å²) in [5.41, 5.74) is -0.0328. The van der Waals surface area contributed by atoms with Crippen molar-refractivity contribution in [3.05, 3.63) is 11.9 Å². The smallest absolute Gasteiger partial charge is 0.392 e. The number of aliphatic hydroxyl groups is 2. The standard InChI is InChI=1S/C49H92N8O22P2/c1-10-48(8,80(66,67)78-30-28-74-26-24-72-22-20-70-19-21-71-23-25-73-27-29-76-49(11-2)79-81(49,68)69-9)77-35-38(33-58)52-41(60)13-16-50-40(59)14-18-75-34-37-32-57(56-54-37)17-12-15-51-46(64)43(47(5,6)7)53-44(62)39(31-36(3)4)42(61)45(63)55-65/h32,36,38-39,42-43,58,61,65H,10-31,33-35H2,1-9H3,(H,50,59)(H,51,64)(H,52,60)(H,53,62)(H,55,63)(H,66,67). The fraction of sp³-hybridized carbons (Fsp3) is 0.857. The molecular formula is C49H92N8O22P2. The van der Waals surface area contributed by atoms with Crippen molar-refractivity contribution in [2.24, 2.45) is 17.3 Å². The maximum absolute atomic E-state index is 13.2. The normalized spacial score (nSPS) is 19.2. The molecule has 0 radical (unpaired) electrons. The zero-order valence-corrected chi connectivity index (χ0v) is 50.3. The highest BCUT2D eigenvalue weighted by atomic mass is 31.2. The molecule has 1 aliphatic heterocycles. The summed E-state index contributed by atoms with van der Waals surface area (Å²) in [5, 5.41) is 46.4. The summed E-state index contributed by atoms with van der Waals surface area (Å²) in [5.74, 6) is -4.45. The van der Waals surface area contributed by atoms with Crippen LogP contribution in [0.15, 0.2) is 6.20 Å². The van der Waals surface area contributed by atoms with Gasteiger partial charge in [0.05, 0.1) is 124 Å². The largest absolute Gasteiger partial charge is 0.394 e. The first kappa shape index (κ1) is 73.5. The fourth-order valence-corrected chi connectivity index (χ4v) is 10.3. The average molecular weight is 1210 g/mol. The topological polar surface area (TPSA) is 396 Å². The molecule has 30 nitrogen and oxygen atoms in total. The van der Waals surface area contributed by atoms with Crippen LogP contribution in [0.25, 0.3) is 0 Å². The molecule has 0 aromatic carbocycles. The number of hydroxylamine groups is 1. The minimum Gasteiger partial charge on any atom is -0.394 e. The fourth-order valence-electron chi connectivity index (χ4n) is 7.39. The first-order valence-electron chi connectivity index (χ1n) is 27.2. The molecule has 1 aromatic rings. The number of amides is 5. The van der Waals surface area contributed by atoms with Gasteiger partial charge in [0.1, 0.15) is 17.8 Å². The molecule has 1 fully saturated rings. The third-order valence-electron chi connectivity index (χ3n) is 12.4. The zero-order chi connectivity index (χ0) is 60.5. The van der Waals surface area contributed by atoms with Gasteiger partial charge in [-0.3, -0.25) is 47.5 Å². The van der Waals surface area contributed by atoms with Crippen LogP contribution in [-0.2, 0) is 97.7 Å². The lowest BCUT2D eigenvalue weighted by atomic mass is 9.84. The van der Waals surface area contributed by atoms with Crippen molar-refractivity contribution in [2.75, 3.05) is 119 Å². The van der Waals surface area contributed by atoms with Gasteiger partial charge in [-0.05, 0) is 37.5 Å². The highest BCUT2D eigenvalue weighted by molar-refractivity contribution is 7.61. The van der Waals surface area contributed by atoms with E-state index in [0.717, 1.165) is 0 Å². The lowest BCUT2D eigenvalue weighted by molar-refractivity contribution is -0.147. The Balaban J connectivity index is 1.54. The summed E-state index contributed by atoms with van der Waals surface area (Å²) in [7, 11) is -6.22. The van der Waals surface area contributed by atoms with Gasteiger partial charge < -0.3 is 83.3 Å². The van der Waals surface area contributed by atoms with E-state index in [1.54, 1.807) is 45.5 Å². The van der Waals surface area contributed by atoms with Gasteiger partial charge in [0.2, 0.25) is 23.6 Å². The number of nitrogens with one attached hydrogen (secondary N) is 5. The van der Waals surface area contributed by atoms with Gasteiger partial charge in [0.15, 0.2) is 5.34 Å². The first-order valence-corrected chi connectivity index (χ1v) is 30.3. The van der Waals surface area contributed by atoms with Gasteiger partial charge in [-0.25, -0.2) is 5.48 Å². The number of nitrogens with zero attached hydrogens (tertiary/aromatic N) is 3. The van der Waals surface area contributed by atoms with Crippen molar-refractivity contribution in [3.8, 4) is 0 Å². The van der Waals surface area contributed by atoms with Gasteiger partial charge in [-0.2, -0.15) is 0 Å². The van der Waals surface area contributed by atoms with E-state index in [9.17, 15) is 48.2 Å². The third-order valence-corrected chi connectivity index (χ3v) is 16.8. The summed E-state index contributed by atoms with van der Waals surface area (Å²) in [6.07, 6.45) is 0.757. The van der Waals surface area contributed by atoms with E-state index >= 15 is 0 Å². The molecule has 8 unspecified atom stereocenters. The Morgan fingerprint density at radius 2 is 1.40 bits per heavy atom.